The molecule has 0 aliphatic heterocycles. The van der Waals surface area contributed by atoms with Crippen molar-refractivity contribution < 1.29 is 4.21 Å². The molecule has 2 aromatic heterocycles. The third-order valence-corrected chi connectivity index (χ3v) is 4.92. The number of rotatable bonds is 4. The molecule has 0 aliphatic rings. The van der Waals surface area contributed by atoms with Gasteiger partial charge in [-0.05, 0) is 26.3 Å². The highest BCUT2D eigenvalue weighted by atomic mass is 32.2. The molecule has 0 spiro atoms. The Morgan fingerprint density at radius 2 is 2.17 bits per heavy atom. The molecule has 0 radical (unpaired) electrons. The van der Waals surface area contributed by atoms with Gasteiger partial charge in [-0.1, -0.05) is 0 Å². The molecule has 0 bridgehead atoms. The van der Waals surface area contributed by atoms with Gasteiger partial charge in [0.2, 0.25) is 0 Å². The maximum Gasteiger partial charge on any atom is 0.138 e. The highest BCUT2D eigenvalue weighted by Gasteiger charge is 2.13. The van der Waals surface area contributed by atoms with Gasteiger partial charge in [0.1, 0.15) is 17.0 Å². The molecule has 2 unspecified atom stereocenters. The van der Waals surface area contributed by atoms with Crippen molar-refractivity contribution in [2.24, 2.45) is 0 Å². The van der Waals surface area contributed by atoms with Crippen molar-refractivity contribution in [3.8, 4) is 0 Å². The first-order valence-corrected chi connectivity index (χ1v) is 8.30. The van der Waals surface area contributed by atoms with Crippen molar-refractivity contribution in [3.05, 3.63) is 16.8 Å². The molecule has 1 N–H and O–H groups in total. The van der Waals surface area contributed by atoms with Gasteiger partial charge >= 0.3 is 0 Å². The maximum absolute atomic E-state index is 11.2. The van der Waals surface area contributed by atoms with Gasteiger partial charge in [-0.25, -0.2) is 9.97 Å². The van der Waals surface area contributed by atoms with E-state index in [1.165, 1.54) is 10.4 Å². The van der Waals surface area contributed by atoms with Gasteiger partial charge in [0.25, 0.3) is 0 Å². The largest absolute Gasteiger partial charge is 0.366 e. The number of hydrogen-bond acceptors (Lipinski definition) is 5. The average molecular weight is 283 g/mol. The van der Waals surface area contributed by atoms with Crippen molar-refractivity contribution >= 4 is 38.2 Å². The molecule has 2 heterocycles. The molecular formula is C12H17N3OS2. The molecule has 0 saturated carbocycles. The number of thiophene rings is 1. The van der Waals surface area contributed by atoms with E-state index in [-0.39, 0.29) is 6.04 Å². The SMILES string of the molecule is Cc1sc2ncnc(NC(C)CS(C)=O)c2c1C. The molecule has 2 atom stereocenters. The summed E-state index contributed by atoms with van der Waals surface area (Å²) in [4.78, 5) is 10.9. The fourth-order valence-electron chi connectivity index (χ4n) is 1.92. The van der Waals surface area contributed by atoms with Crippen molar-refractivity contribution in [2.45, 2.75) is 26.8 Å². The molecule has 98 valence electrons. The van der Waals surface area contributed by atoms with Gasteiger partial charge < -0.3 is 5.32 Å². The first-order valence-electron chi connectivity index (χ1n) is 5.76. The Labute approximate surface area is 113 Å². The third kappa shape index (κ3) is 2.70. The summed E-state index contributed by atoms with van der Waals surface area (Å²) < 4.78 is 11.2. The number of aryl methyl sites for hydroxylation is 2. The summed E-state index contributed by atoms with van der Waals surface area (Å²) >= 11 is 1.68. The third-order valence-electron chi connectivity index (χ3n) is 2.83. The molecule has 6 heteroatoms. The summed E-state index contributed by atoms with van der Waals surface area (Å²) in [6, 6.07) is 0.133. The summed E-state index contributed by atoms with van der Waals surface area (Å²) in [7, 11) is -0.806. The van der Waals surface area contributed by atoms with Crippen LogP contribution in [0.25, 0.3) is 10.2 Å². The van der Waals surface area contributed by atoms with Crippen molar-refractivity contribution in [2.75, 3.05) is 17.3 Å². The van der Waals surface area contributed by atoms with Crippen LogP contribution in [-0.4, -0.2) is 32.2 Å². The van der Waals surface area contributed by atoms with Crippen molar-refractivity contribution in [1.82, 2.24) is 9.97 Å². The second-order valence-corrected chi connectivity index (χ2v) is 7.15. The van der Waals surface area contributed by atoms with E-state index in [4.69, 9.17) is 0 Å². The smallest absolute Gasteiger partial charge is 0.138 e. The number of nitrogens with zero attached hydrogens (tertiary/aromatic N) is 2. The molecule has 4 nitrogen and oxygen atoms in total. The van der Waals surface area contributed by atoms with Crippen LogP contribution < -0.4 is 5.32 Å². The van der Waals surface area contributed by atoms with E-state index in [0.29, 0.717) is 5.75 Å². The zero-order valence-electron chi connectivity index (χ0n) is 11.0. The number of anilines is 1. The Morgan fingerprint density at radius 1 is 1.44 bits per heavy atom. The molecular weight excluding hydrogens is 266 g/mol. The van der Waals surface area contributed by atoms with Gasteiger partial charge in [0.15, 0.2) is 0 Å². The predicted molar refractivity (Wildman–Crippen MR) is 78.9 cm³/mol. The predicted octanol–water partition coefficient (Wildman–Crippen LogP) is 2.49. The molecule has 0 amide bonds. The van der Waals surface area contributed by atoms with Crippen LogP contribution in [0.1, 0.15) is 17.4 Å². The molecule has 2 aromatic rings. The van der Waals surface area contributed by atoms with Crippen LogP contribution >= 0.6 is 11.3 Å². The molecule has 0 saturated heterocycles. The van der Waals surface area contributed by atoms with E-state index in [9.17, 15) is 4.21 Å². The van der Waals surface area contributed by atoms with E-state index in [0.717, 1.165) is 16.0 Å². The first kappa shape index (κ1) is 13.4. The second kappa shape index (κ2) is 5.32. The van der Waals surface area contributed by atoms with Gasteiger partial charge in [-0.15, -0.1) is 11.3 Å². The van der Waals surface area contributed by atoms with Crippen LogP contribution in [0.15, 0.2) is 6.33 Å². The zero-order chi connectivity index (χ0) is 13.3. The average Bonchev–Trinajstić information content (AvgIpc) is 2.54. The second-order valence-electron chi connectivity index (χ2n) is 4.47. The Balaban J connectivity index is 2.36. The lowest BCUT2D eigenvalue weighted by atomic mass is 10.2. The number of hydrogen-bond donors (Lipinski definition) is 1. The highest BCUT2D eigenvalue weighted by Crippen LogP contribution is 2.32. The van der Waals surface area contributed by atoms with E-state index in [1.54, 1.807) is 23.9 Å². The minimum Gasteiger partial charge on any atom is -0.366 e. The van der Waals surface area contributed by atoms with Crippen molar-refractivity contribution in [3.63, 3.8) is 0 Å². The Kier molecular flexibility index (Phi) is 3.97. The Hall–Kier alpha value is -1.01. The van der Waals surface area contributed by atoms with Crippen LogP contribution in [0, 0.1) is 13.8 Å². The molecule has 0 aliphatic carbocycles. The van der Waals surface area contributed by atoms with Gasteiger partial charge in [-0.2, -0.15) is 0 Å². The number of fused-ring (bicyclic) bond motifs is 1. The van der Waals surface area contributed by atoms with Crippen LogP contribution in [0.3, 0.4) is 0 Å². The molecule has 2 rings (SSSR count). The lowest BCUT2D eigenvalue weighted by molar-refractivity contribution is 0.683. The molecule has 0 aromatic carbocycles. The summed E-state index contributed by atoms with van der Waals surface area (Å²) in [5, 5.41) is 4.42. The summed E-state index contributed by atoms with van der Waals surface area (Å²) in [6.45, 7) is 6.20. The normalized spacial score (nSPS) is 14.7. The van der Waals surface area contributed by atoms with Crippen LogP contribution in [0.5, 0.6) is 0 Å². The fourth-order valence-corrected chi connectivity index (χ4v) is 3.70. The fraction of sp³-hybridized carbons (Fsp3) is 0.500. The minimum absolute atomic E-state index is 0.133. The van der Waals surface area contributed by atoms with Gasteiger partial charge in [0.05, 0.1) is 5.39 Å². The summed E-state index contributed by atoms with van der Waals surface area (Å²) in [6.07, 6.45) is 3.30. The number of aromatic nitrogens is 2. The quantitative estimate of drug-likeness (QED) is 0.936. The van der Waals surface area contributed by atoms with E-state index in [2.05, 4.69) is 29.1 Å². The minimum atomic E-state index is -0.806. The Bertz CT molecular complexity index is 594. The lowest BCUT2D eigenvalue weighted by Crippen LogP contribution is -2.23. The van der Waals surface area contributed by atoms with Crippen molar-refractivity contribution in [1.29, 1.82) is 0 Å². The lowest BCUT2D eigenvalue weighted by Gasteiger charge is -2.13. The van der Waals surface area contributed by atoms with E-state index >= 15 is 0 Å². The summed E-state index contributed by atoms with van der Waals surface area (Å²) in [5.41, 5.74) is 1.22. The highest BCUT2D eigenvalue weighted by molar-refractivity contribution is 7.84. The van der Waals surface area contributed by atoms with E-state index < -0.39 is 10.8 Å². The Morgan fingerprint density at radius 3 is 2.83 bits per heavy atom. The molecule has 18 heavy (non-hydrogen) atoms. The van der Waals surface area contributed by atoms with Crippen LogP contribution in [-0.2, 0) is 10.8 Å². The topological polar surface area (TPSA) is 54.9 Å². The van der Waals surface area contributed by atoms with E-state index in [1.807, 2.05) is 6.92 Å². The maximum atomic E-state index is 11.2. The van der Waals surface area contributed by atoms with Gasteiger partial charge in [0, 0.05) is 33.7 Å². The van der Waals surface area contributed by atoms with Gasteiger partial charge in [-0.3, -0.25) is 4.21 Å². The monoisotopic (exact) mass is 283 g/mol. The first-order chi connectivity index (χ1) is 8.49. The number of nitrogens with one attached hydrogen (secondary N) is 1. The molecule has 0 fully saturated rings. The zero-order valence-corrected chi connectivity index (χ0v) is 12.6. The standard InChI is InChI=1S/C12H17N3OS2/c1-7(5-18(4)16)15-11-10-8(2)9(3)17-12(10)14-6-13-11/h6-7H,5H2,1-4H3,(H,13,14,15). The van der Waals surface area contributed by atoms with Crippen LogP contribution in [0.4, 0.5) is 5.82 Å². The summed E-state index contributed by atoms with van der Waals surface area (Å²) in [5.74, 6) is 1.47. The van der Waals surface area contributed by atoms with Crippen LogP contribution in [0.2, 0.25) is 0 Å².